The number of benzene rings is 2. The average Bonchev–Trinajstić information content (AvgIpc) is 3.22. The maximum absolute atomic E-state index is 12.3. The van der Waals surface area contributed by atoms with Crippen molar-refractivity contribution in [2.24, 2.45) is 0 Å². The summed E-state index contributed by atoms with van der Waals surface area (Å²) in [6.45, 7) is 0.293. The van der Waals surface area contributed by atoms with Gasteiger partial charge in [0.1, 0.15) is 5.82 Å². The van der Waals surface area contributed by atoms with Crippen molar-refractivity contribution in [1.29, 1.82) is 0 Å². The zero-order chi connectivity index (χ0) is 16.5. The summed E-state index contributed by atoms with van der Waals surface area (Å²) in [5.41, 5.74) is 2.37. The second-order valence-corrected chi connectivity index (χ2v) is 5.37. The Morgan fingerprint density at radius 2 is 2.12 bits per heavy atom. The number of carbonyl (C=O) groups excluding carboxylic acids is 1. The Morgan fingerprint density at radius 3 is 2.96 bits per heavy atom. The highest BCUT2D eigenvalue weighted by Gasteiger charge is 2.15. The van der Waals surface area contributed by atoms with Gasteiger partial charge in [0.2, 0.25) is 0 Å². The molecule has 4 aromatic rings. The fraction of sp³-hybridized carbons (Fsp3) is 0.111. The SMILES string of the molecule is COc1cccc2cc(C(=O)NCc3nc4ccccc4[nH]3)oc12. The number of ether oxygens (including phenoxy) is 1. The molecule has 120 valence electrons. The highest BCUT2D eigenvalue weighted by Crippen LogP contribution is 2.28. The summed E-state index contributed by atoms with van der Waals surface area (Å²) in [7, 11) is 1.57. The van der Waals surface area contributed by atoms with Crippen LogP contribution in [0.25, 0.3) is 22.0 Å². The summed E-state index contributed by atoms with van der Waals surface area (Å²) in [5, 5.41) is 3.63. The number of aromatic amines is 1. The van der Waals surface area contributed by atoms with E-state index in [-0.39, 0.29) is 11.7 Å². The average molecular weight is 321 g/mol. The van der Waals surface area contributed by atoms with Gasteiger partial charge in [-0.05, 0) is 24.3 Å². The lowest BCUT2D eigenvalue weighted by Crippen LogP contribution is -2.22. The van der Waals surface area contributed by atoms with Gasteiger partial charge >= 0.3 is 0 Å². The van der Waals surface area contributed by atoms with Crippen LogP contribution < -0.4 is 10.1 Å². The van der Waals surface area contributed by atoms with Gasteiger partial charge in [-0.1, -0.05) is 24.3 Å². The number of nitrogens with one attached hydrogen (secondary N) is 2. The van der Waals surface area contributed by atoms with E-state index < -0.39 is 0 Å². The molecule has 2 aromatic carbocycles. The van der Waals surface area contributed by atoms with Crippen molar-refractivity contribution >= 4 is 27.9 Å². The number of para-hydroxylation sites is 3. The Bertz CT molecular complexity index is 999. The van der Waals surface area contributed by atoms with Gasteiger partial charge in [0, 0.05) is 5.39 Å². The Labute approximate surface area is 137 Å². The third kappa shape index (κ3) is 2.48. The molecule has 6 heteroatoms. The topological polar surface area (TPSA) is 80.1 Å². The number of imidazole rings is 1. The maximum Gasteiger partial charge on any atom is 0.287 e. The Balaban J connectivity index is 1.53. The number of aromatic nitrogens is 2. The van der Waals surface area contributed by atoms with Gasteiger partial charge in [-0.2, -0.15) is 0 Å². The standard InChI is InChI=1S/C18H15N3O3/c1-23-14-8-4-5-11-9-15(24-17(11)14)18(22)19-10-16-20-12-6-2-3-7-13(12)21-16/h2-9H,10H2,1H3,(H,19,22)(H,20,21). The molecule has 0 fully saturated rings. The van der Waals surface area contributed by atoms with Gasteiger partial charge in [0.25, 0.3) is 5.91 Å². The summed E-state index contributed by atoms with van der Waals surface area (Å²) in [4.78, 5) is 19.9. The second-order valence-electron chi connectivity index (χ2n) is 5.37. The van der Waals surface area contributed by atoms with Gasteiger partial charge < -0.3 is 19.5 Å². The molecule has 2 heterocycles. The van der Waals surface area contributed by atoms with E-state index in [9.17, 15) is 4.79 Å². The van der Waals surface area contributed by atoms with Crippen LogP contribution in [-0.4, -0.2) is 23.0 Å². The molecule has 0 aliphatic rings. The number of amides is 1. The van der Waals surface area contributed by atoms with Crippen molar-refractivity contribution in [3.8, 4) is 5.75 Å². The summed E-state index contributed by atoms with van der Waals surface area (Å²) in [6, 6.07) is 14.9. The summed E-state index contributed by atoms with van der Waals surface area (Å²) in [5.74, 6) is 1.24. The monoisotopic (exact) mass is 321 g/mol. The summed E-state index contributed by atoms with van der Waals surface area (Å²) < 4.78 is 10.9. The van der Waals surface area contributed by atoms with Crippen LogP contribution in [0.3, 0.4) is 0 Å². The quantitative estimate of drug-likeness (QED) is 0.604. The van der Waals surface area contributed by atoms with E-state index >= 15 is 0 Å². The minimum Gasteiger partial charge on any atom is -0.493 e. The van der Waals surface area contributed by atoms with Gasteiger partial charge in [-0.25, -0.2) is 4.98 Å². The fourth-order valence-electron chi connectivity index (χ4n) is 2.65. The van der Waals surface area contributed by atoms with E-state index in [0.717, 1.165) is 16.4 Å². The van der Waals surface area contributed by atoms with Crippen LogP contribution in [0, 0.1) is 0 Å². The molecule has 0 spiro atoms. The van der Waals surface area contributed by atoms with Crippen LogP contribution in [-0.2, 0) is 6.54 Å². The molecule has 0 unspecified atom stereocenters. The summed E-state index contributed by atoms with van der Waals surface area (Å²) in [6.07, 6.45) is 0. The molecule has 0 aliphatic heterocycles. The molecule has 0 atom stereocenters. The first-order chi connectivity index (χ1) is 11.7. The number of hydrogen-bond donors (Lipinski definition) is 2. The van der Waals surface area contributed by atoms with Crippen molar-refractivity contribution < 1.29 is 13.9 Å². The number of nitrogens with zero attached hydrogens (tertiary/aromatic N) is 1. The van der Waals surface area contributed by atoms with Gasteiger partial charge in [0.05, 0.1) is 24.7 Å². The third-order valence-corrected chi connectivity index (χ3v) is 3.81. The molecule has 6 nitrogen and oxygen atoms in total. The van der Waals surface area contributed by atoms with E-state index in [1.165, 1.54) is 0 Å². The Kier molecular flexibility index (Phi) is 3.42. The first kappa shape index (κ1) is 14.3. The minimum absolute atomic E-state index is 0.241. The van der Waals surface area contributed by atoms with Crippen molar-refractivity contribution in [1.82, 2.24) is 15.3 Å². The van der Waals surface area contributed by atoms with Crippen molar-refractivity contribution in [2.75, 3.05) is 7.11 Å². The predicted molar refractivity (Wildman–Crippen MR) is 90.0 cm³/mol. The van der Waals surface area contributed by atoms with Gasteiger partial charge in [-0.15, -0.1) is 0 Å². The van der Waals surface area contributed by atoms with Gasteiger partial charge in [-0.3, -0.25) is 4.79 Å². The number of fused-ring (bicyclic) bond motifs is 2. The first-order valence-corrected chi connectivity index (χ1v) is 7.53. The third-order valence-electron chi connectivity index (χ3n) is 3.81. The van der Waals surface area contributed by atoms with Gasteiger partial charge in [0.15, 0.2) is 17.1 Å². The number of rotatable bonds is 4. The van der Waals surface area contributed by atoms with E-state index in [1.54, 1.807) is 19.2 Å². The molecular weight excluding hydrogens is 306 g/mol. The van der Waals surface area contributed by atoms with Crippen LogP contribution in [0.15, 0.2) is 52.9 Å². The minimum atomic E-state index is -0.297. The zero-order valence-corrected chi connectivity index (χ0v) is 13.0. The van der Waals surface area contributed by atoms with Crippen LogP contribution >= 0.6 is 0 Å². The lowest BCUT2D eigenvalue weighted by atomic mass is 10.2. The smallest absolute Gasteiger partial charge is 0.287 e. The van der Waals surface area contributed by atoms with Crippen molar-refractivity contribution in [3.05, 3.63) is 60.1 Å². The molecule has 0 bridgehead atoms. The number of hydrogen-bond acceptors (Lipinski definition) is 4. The zero-order valence-electron chi connectivity index (χ0n) is 13.0. The molecule has 4 rings (SSSR count). The highest BCUT2D eigenvalue weighted by atomic mass is 16.5. The lowest BCUT2D eigenvalue weighted by molar-refractivity contribution is 0.0924. The molecular formula is C18H15N3O3. The van der Waals surface area contributed by atoms with Crippen molar-refractivity contribution in [3.63, 3.8) is 0 Å². The lowest BCUT2D eigenvalue weighted by Gasteiger charge is -2.00. The Hall–Kier alpha value is -3.28. The normalized spacial score (nSPS) is 11.0. The second kappa shape index (κ2) is 5.73. The number of carbonyl (C=O) groups is 1. The molecule has 0 saturated heterocycles. The van der Waals surface area contributed by atoms with E-state index in [4.69, 9.17) is 9.15 Å². The molecule has 2 aromatic heterocycles. The van der Waals surface area contributed by atoms with Crippen LogP contribution in [0.1, 0.15) is 16.4 Å². The van der Waals surface area contributed by atoms with E-state index in [2.05, 4.69) is 15.3 Å². The van der Waals surface area contributed by atoms with E-state index in [1.807, 2.05) is 36.4 Å². The summed E-state index contributed by atoms with van der Waals surface area (Å²) >= 11 is 0. The number of furan rings is 1. The maximum atomic E-state index is 12.3. The molecule has 0 aliphatic carbocycles. The number of H-pyrrole nitrogens is 1. The number of methoxy groups -OCH3 is 1. The molecule has 2 N–H and O–H groups in total. The fourth-order valence-corrected chi connectivity index (χ4v) is 2.65. The molecule has 1 amide bonds. The molecule has 24 heavy (non-hydrogen) atoms. The molecule has 0 saturated carbocycles. The van der Waals surface area contributed by atoms with Crippen LogP contribution in [0.4, 0.5) is 0 Å². The Morgan fingerprint density at radius 1 is 1.25 bits per heavy atom. The highest BCUT2D eigenvalue weighted by molar-refractivity contribution is 5.97. The van der Waals surface area contributed by atoms with Crippen LogP contribution in [0.5, 0.6) is 5.75 Å². The van der Waals surface area contributed by atoms with Crippen LogP contribution in [0.2, 0.25) is 0 Å². The van der Waals surface area contributed by atoms with Crippen molar-refractivity contribution in [2.45, 2.75) is 6.54 Å². The molecule has 0 radical (unpaired) electrons. The largest absolute Gasteiger partial charge is 0.493 e. The predicted octanol–water partition coefficient (Wildman–Crippen LogP) is 3.25. The first-order valence-electron chi connectivity index (χ1n) is 7.53. The van der Waals surface area contributed by atoms with E-state index in [0.29, 0.717) is 23.7 Å².